The third-order valence-corrected chi connectivity index (χ3v) is 9.85. The standard InChI is InChI=1S/C45H79NO8/c1-3-5-7-9-11-13-15-17-19-21-22-24-26-28-30-32-34-39(48)38(37-53-45-44(52)43(51)42(50)40(36-47)54-45)46-41(49)35-33-31-29-27-25-23-20-18-16-14-12-10-8-6-4-2/h6,8,12,14,18,20,25,27,32,34,38-40,42-45,47-48,50-52H,3-5,7,9-11,13,15-17,19,21-24,26,28-31,33,35-37H2,1-2H3,(H,46,49)/b8-6-,14-12-,20-18-,27-25-,34-32+. The molecule has 7 unspecified atom stereocenters. The van der Waals surface area contributed by atoms with E-state index in [0.717, 1.165) is 57.8 Å². The van der Waals surface area contributed by atoms with Crippen LogP contribution in [0.1, 0.15) is 162 Å². The van der Waals surface area contributed by atoms with Gasteiger partial charge in [0.1, 0.15) is 24.4 Å². The van der Waals surface area contributed by atoms with Crippen LogP contribution in [0.15, 0.2) is 60.8 Å². The van der Waals surface area contributed by atoms with Gasteiger partial charge < -0.3 is 40.3 Å². The summed E-state index contributed by atoms with van der Waals surface area (Å²) in [5, 5.41) is 54.1. The maximum absolute atomic E-state index is 12.9. The third-order valence-electron chi connectivity index (χ3n) is 9.85. The molecule has 1 saturated heterocycles. The number of amides is 1. The number of carbonyl (C=O) groups excluding carboxylic acids is 1. The first-order chi connectivity index (χ1) is 26.3. The molecule has 0 aliphatic carbocycles. The Kier molecular flexibility index (Phi) is 32.6. The number of ether oxygens (including phenoxy) is 2. The molecule has 7 atom stereocenters. The van der Waals surface area contributed by atoms with Crippen LogP contribution in [0.25, 0.3) is 0 Å². The Morgan fingerprint density at radius 1 is 0.648 bits per heavy atom. The number of hydrogen-bond donors (Lipinski definition) is 6. The number of nitrogens with one attached hydrogen (secondary N) is 1. The van der Waals surface area contributed by atoms with Crippen LogP contribution in [0.4, 0.5) is 0 Å². The topological polar surface area (TPSA) is 149 Å². The first-order valence-corrected chi connectivity index (χ1v) is 21.5. The largest absolute Gasteiger partial charge is 0.394 e. The lowest BCUT2D eigenvalue weighted by Crippen LogP contribution is -2.60. The summed E-state index contributed by atoms with van der Waals surface area (Å²) >= 11 is 0. The van der Waals surface area contributed by atoms with Gasteiger partial charge in [-0.3, -0.25) is 4.79 Å². The summed E-state index contributed by atoms with van der Waals surface area (Å²) in [4.78, 5) is 12.9. The summed E-state index contributed by atoms with van der Waals surface area (Å²) in [5.41, 5.74) is 0. The van der Waals surface area contributed by atoms with Gasteiger partial charge in [-0.15, -0.1) is 0 Å². The molecule has 9 nitrogen and oxygen atoms in total. The Balaban J connectivity index is 2.44. The Hall–Kier alpha value is -2.11. The average molecular weight is 762 g/mol. The normalized spacial score (nSPS) is 22.1. The predicted octanol–water partition coefficient (Wildman–Crippen LogP) is 8.44. The Morgan fingerprint density at radius 2 is 1.15 bits per heavy atom. The summed E-state index contributed by atoms with van der Waals surface area (Å²) in [7, 11) is 0. The molecule has 1 amide bonds. The summed E-state index contributed by atoms with van der Waals surface area (Å²) < 4.78 is 11.2. The van der Waals surface area contributed by atoms with Gasteiger partial charge in [0.25, 0.3) is 0 Å². The molecule has 0 aromatic carbocycles. The zero-order chi connectivity index (χ0) is 39.5. The Bertz CT molecular complexity index is 1030. The van der Waals surface area contributed by atoms with E-state index in [4.69, 9.17) is 9.47 Å². The molecule has 54 heavy (non-hydrogen) atoms. The minimum atomic E-state index is -1.57. The molecule has 1 heterocycles. The molecule has 1 rings (SSSR count). The van der Waals surface area contributed by atoms with E-state index in [2.05, 4.69) is 67.8 Å². The smallest absolute Gasteiger partial charge is 0.220 e. The maximum Gasteiger partial charge on any atom is 0.220 e. The number of unbranched alkanes of at least 4 members (excludes halogenated alkanes) is 16. The maximum atomic E-state index is 12.9. The van der Waals surface area contributed by atoms with Gasteiger partial charge in [-0.05, 0) is 57.8 Å². The summed E-state index contributed by atoms with van der Waals surface area (Å²) in [6.45, 7) is 3.61. The van der Waals surface area contributed by atoms with Gasteiger partial charge in [-0.2, -0.15) is 0 Å². The van der Waals surface area contributed by atoms with Crippen molar-refractivity contribution in [3.05, 3.63) is 60.8 Å². The number of aliphatic hydroxyl groups is 5. The third kappa shape index (κ3) is 25.9. The second-order valence-corrected chi connectivity index (χ2v) is 14.8. The lowest BCUT2D eigenvalue weighted by Gasteiger charge is -2.40. The second kappa shape index (κ2) is 35.3. The van der Waals surface area contributed by atoms with Crippen molar-refractivity contribution in [3.63, 3.8) is 0 Å². The molecule has 0 saturated carbocycles. The van der Waals surface area contributed by atoms with Crippen molar-refractivity contribution in [2.24, 2.45) is 0 Å². The summed E-state index contributed by atoms with van der Waals surface area (Å²) in [6, 6.07) is -0.827. The van der Waals surface area contributed by atoms with Crippen LogP contribution in [0.2, 0.25) is 0 Å². The highest BCUT2D eigenvalue weighted by Crippen LogP contribution is 2.22. The van der Waals surface area contributed by atoms with E-state index in [1.165, 1.54) is 77.0 Å². The highest BCUT2D eigenvalue weighted by Gasteiger charge is 2.44. The quantitative estimate of drug-likeness (QED) is 0.0283. The fourth-order valence-corrected chi connectivity index (χ4v) is 6.38. The lowest BCUT2D eigenvalue weighted by molar-refractivity contribution is -0.302. The van der Waals surface area contributed by atoms with Crippen LogP contribution in [0.3, 0.4) is 0 Å². The van der Waals surface area contributed by atoms with Crippen molar-refractivity contribution in [3.8, 4) is 0 Å². The van der Waals surface area contributed by atoms with E-state index < -0.39 is 49.5 Å². The number of hydrogen-bond acceptors (Lipinski definition) is 8. The van der Waals surface area contributed by atoms with Crippen molar-refractivity contribution < 1.29 is 39.8 Å². The number of allylic oxidation sites excluding steroid dienone is 9. The molecular formula is C45H79NO8. The van der Waals surface area contributed by atoms with Gasteiger partial charge in [0.05, 0.1) is 25.4 Å². The first kappa shape index (κ1) is 49.9. The van der Waals surface area contributed by atoms with Crippen LogP contribution in [0, 0.1) is 0 Å². The Morgan fingerprint density at radius 3 is 1.70 bits per heavy atom. The number of carbonyl (C=O) groups is 1. The van der Waals surface area contributed by atoms with Gasteiger partial charge in [-0.25, -0.2) is 0 Å². The van der Waals surface area contributed by atoms with Crippen molar-refractivity contribution in [1.82, 2.24) is 5.32 Å². The van der Waals surface area contributed by atoms with E-state index in [-0.39, 0.29) is 12.5 Å². The fraction of sp³-hybridized carbons (Fsp3) is 0.756. The fourth-order valence-electron chi connectivity index (χ4n) is 6.38. The average Bonchev–Trinajstić information content (AvgIpc) is 3.17. The molecule has 0 aromatic rings. The molecule has 9 heteroatoms. The summed E-state index contributed by atoms with van der Waals surface area (Å²) in [5.74, 6) is -0.220. The Labute approximate surface area is 328 Å². The second-order valence-electron chi connectivity index (χ2n) is 14.8. The molecule has 0 bridgehead atoms. The lowest BCUT2D eigenvalue weighted by atomic mass is 9.99. The summed E-state index contributed by atoms with van der Waals surface area (Å²) in [6.07, 6.45) is 38.3. The van der Waals surface area contributed by atoms with Crippen molar-refractivity contribution >= 4 is 5.91 Å². The zero-order valence-electron chi connectivity index (χ0n) is 34.0. The van der Waals surface area contributed by atoms with Crippen LogP contribution in [0.5, 0.6) is 0 Å². The first-order valence-electron chi connectivity index (χ1n) is 21.5. The molecule has 312 valence electrons. The molecule has 6 N–H and O–H groups in total. The van der Waals surface area contributed by atoms with Gasteiger partial charge in [-0.1, -0.05) is 158 Å². The van der Waals surface area contributed by atoms with Crippen molar-refractivity contribution in [2.75, 3.05) is 13.2 Å². The monoisotopic (exact) mass is 762 g/mol. The van der Waals surface area contributed by atoms with Gasteiger partial charge >= 0.3 is 0 Å². The molecule has 0 spiro atoms. The van der Waals surface area contributed by atoms with Gasteiger partial charge in [0, 0.05) is 6.42 Å². The SMILES string of the molecule is CC/C=C\C/C=C\C/C=C\C/C=C\CCCCC(=O)NC(COC1OC(CO)C(O)C(O)C1O)C(O)/C=C/CCCCCCCCCCCCCCCC. The highest BCUT2D eigenvalue weighted by atomic mass is 16.7. The highest BCUT2D eigenvalue weighted by molar-refractivity contribution is 5.76. The zero-order valence-corrected chi connectivity index (χ0v) is 34.0. The molecular weight excluding hydrogens is 682 g/mol. The molecule has 1 aliphatic heterocycles. The van der Waals surface area contributed by atoms with Crippen molar-refractivity contribution in [2.45, 2.75) is 204 Å². The van der Waals surface area contributed by atoms with E-state index in [0.29, 0.717) is 12.8 Å². The predicted molar refractivity (Wildman–Crippen MR) is 221 cm³/mol. The molecule has 0 radical (unpaired) electrons. The van der Waals surface area contributed by atoms with E-state index in [1.54, 1.807) is 6.08 Å². The number of rotatable bonds is 34. The molecule has 1 aliphatic rings. The van der Waals surface area contributed by atoms with Crippen LogP contribution < -0.4 is 5.32 Å². The minimum absolute atomic E-state index is 0.208. The van der Waals surface area contributed by atoms with E-state index in [1.807, 2.05) is 6.08 Å². The molecule has 0 aromatic heterocycles. The van der Waals surface area contributed by atoms with Gasteiger partial charge in [0.15, 0.2) is 6.29 Å². The van der Waals surface area contributed by atoms with Crippen molar-refractivity contribution in [1.29, 1.82) is 0 Å². The number of aliphatic hydroxyl groups excluding tert-OH is 5. The van der Waals surface area contributed by atoms with E-state index in [9.17, 15) is 30.3 Å². The van der Waals surface area contributed by atoms with E-state index >= 15 is 0 Å². The van der Waals surface area contributed by atoms with Crippen LogP contribution in [-0.2, 0) is 14.3 Å². The molecule has 1 fully saturated rings. The van der Waals surface area contributed by atoms with Crippen LogP contribution in [-0.4, -0.2) is 87.5 Å². The van der Waals surface area contributed by atoms with Crippen LogP contribution >= 0.6 is 0 Å². The minimum Gasteiger partial charge on any atom is -0.394 e. The van der Waals surface area contributed by atoms with Gasteiger partial charge in [0.2, 0.25) is 5.91 Å².